The third-order valence-electron chi connectivity index (χ3n) is 6.01. The molecule has 1 fully saturated rings. The van der Waals surface area contributed by atoms with E-state index in [1.54, 1.807) is 27.9 Å². The first-order valence-corrected chi connectivity index (χ1v) is 10.3. The first-order chi connectivity index (χ1) is 13.7. The summed E-state index contributed by atoms with van der Waals surface area (Å²) in [6.07, 6.45) is 3.56. The number of hydrogen-bond acceptors (Lipinski definition) is 6. The standard InChI is InChI=1S/C21H33N5O3/c1-14(27)25-12-10-16-15(13-25)19(24(4)5)23-18(22-16)17-9-7-8-11-26(17)20(28)21(2,3)29-6/h17H,7-13H2,1-6H3/t17-/m1/s1. The maximum absolute atomic E-state index is 13.2. The van der Waals surface area contributed by atoms with Crippen molar-refractivity contribution in [2.75, 3.05) is 39.2 Å². The molecule has 3 heterocycles. The number of methoxy groups -OCH3 is 1. The van der Waals surface area contributed by atoms with E-state index >= 15 is 0 Å². The van der Waals surface area contributed by atoms with Gasteiger partial charge in [-0.2, -0.15) is 0 Å². The normalized spacial score (nSPS) is 19.7. The molecule has 8 heteroatoms. The molecule has 8 nitrogen and oxygen atoms in total. The zero-order valence-electron chi connectivity index (χ0n) is 18.5. The summed E-state index contributed by atoms with van der Waals surface area (Å²) in [4.78, 5) is 40.5. The van der Waals surface area contributed by atoms with E-state index in [4.69, 9.17) is 14.7 Å². The van der Waals surface area contributed by atoms with E-state index in [1.807, 2.05) is 28.8 Å². The molecule has 0 aliphatic carbocycles. The van der Waals surface area contributed by atoms with Crippen LogP contribution < -0.4 is 4.90 Å². The van der Waals surface area contributed by atoms with Crippen LogP contribution in [-0.2, 0) is 27.3 Å². The van der Waals surface area contributed by atoms with Crippen LogP contribution in [0.3, 0.4) is 0 Å². The van der Waals surface area contributed by atoms with Crippen LogP contribution in [0.25, 0.3) is 0 Å². The van der Waals surface area contributed by atoms with Crippen LogP contribution in [-0.4, -0.2) is 71.5 Å². The lowest BCUT2D eigenvalue weighted by molar-refractivity contribution is -0.155. The monoisotopic (exact) mass is 403 g/mol. The number of amides is 2. The second-order valence-corrected chi connectivity index (χ2v) is 8.64. The Morgan fingerprint density at radius 1 is 1.17 bits per heavy atom. The Morgan fingerprint density at radius 3 is 2.52 bits per heavy atom. The predicted molar refractivity (Wildman–Crippen MR) is 111 cm³/mol. The highest BCUT2D eigenvalue weighted by molar-refractivity contribution is 5.85. The molecule has 0 bridgehead atoms. The van der Waals surface area contributed by atoms with Crippen LogP contribution in [0.1, 0.15) is 63.2 Å². The number of carbonyl (C=O) groups is 2. The predicted octanol–water partition coefficient (Wildman–Crippen LogP) is 1.93. The number of ether oxygens (including phenoxy) is 1. The quantitative estimate of drug-likeness (QED) is 0.764. The van der Waals surface area contributed by atoms with E-state index in [0.29, 0.717) is 31.9 Å². The molecule has 29 heavy (non-hydrogen) atoms. The summed E-state index contributed by atoms with van der Waals surface area (Å²) >= 11 is 0. The van der Waals surface area contributed by atoms with Gasteiger partial charge in [0, 0.05) is 53.2 Å². The second kappa shape index (κ2) is 8.26. The first-order valence-electron chi connectivity index (χ1n) is 10.3. The highest BCUT2D eigenvalue weighted by Crippen LogP contribution is 2.34. The Balaban J connectivity index is 2.00. The number of carbonyl (C=O) groups excluding carboxylic acids is 2. The minimum atomic E-state index is -0.879. The van der Waals surface area contributed by atoms with Gasteiger partial charge in [-0.3, -0.25) is 9.59 Å². The molecule has 0 N–H and O–H groups in total. The number of rotatable bonds is 4. The van der Waals surface area contributed by atoms with E-state index in [9.17, 15) is 9.59 Å². The molecule has 3 rings (SSSR count). The number of likely N-dealkylation sites (tertiary alicyclic amines) is 1. The Labute approximate surface area is 173 Å². The molecule has 2 amide bonds. The number of aromatic nitrogens is 2. The molecular formula is C21H33N5O3. The molecule has 1 aromatic rings. The van der Waals surface area contributed by atoms with Crippen molar-refractivity contribution in [3.05, 3.63) is 17.1 Å². The molecule has 0 spiro atoms. The highest BCUT2D eigenvalue weighted by atomic mass is 16.5. The molecule has 2 aliphatic heterocycles. The van der Waals surface area contributed by atoms with Crippen LogP contribution in [0.15, 0.2) is 0 Å². The maximum Gasteiger partial charge on any atom is 0.254 e. The zero-order chi connectivity index (χ0) is 21.3. The van der Waals surface area contributed by atoms with E-state index in [2.05, 4.69) is 0 Å². The van der Waals surface area contributed by atoms with Crippen molar-refractivity contribution in [3.8, 4) is 0 Å². The minimum Gasteiger partial charge on any atom is -0.369 e. The van der Waals surface area contributed by atoms with Gasteiger partial charge in [-0.25, -0.2) is 9.97 Å². The van der Waals surface area contributed by atoms with Gasteiger partial charge in [-0.15, -0.1) is 0 Å². The Morgan fingerprint density at radius 2 is 1.90 bits per heavy atom. The van der Waals surface area contributed by atoms with Crippen LogP contribution in [0.5, 0.6) is 0 Å². The van der Waals surface area contributed by atoms with E-state index < -0.39 is 5.60 Å². The number of hydrogen-bond donors (Lipinski definition) is 0. The number of nitrogens with zero attached hydrogens (tertiary/aromatic N) is 5. The summed E-state index contributed by atoms with van der Waals surface area (Å²) in [5.41, 5.74) is 1.11. The largest absolute Gasteiger partial charge is 0.369 e. The summed E-state index contributed by atoms with van der Waals surface area (Å²) in [5.74, 6) is 1.57. The maximum atomic E-state index is 13.2. The fraction of sp³-hybridized carbons (Fsp3) is 0.714. The van der Waals surface area contributed by atoms with Crippen molar-refractivity contribution >= 4 is 17.6 Å². The molecule has 1 aromatic heterocycles. The van der Waals surface area contributed by atoms with Gasteiger partial charge in [0.05, 0.1) is 18.3 Å². The third kappa shape index (κ3) is 4.22. The van der Waals surface area contributed by atoms with Gasteiger partial charge in [-0.1, -0.05) is 0 Å². The van der Waals surface area contributed by atoms with Crippen molar-refractivity contribution in [3.63, 3.8) is 0 Å². The Bertz CT molecular complexity index is 793. The van der Waals surface area contributed by atoms with Crippen LogP contribution in [0, 0.1) is 0 Å². The van der Waals surface area contributed by atoms with E-state index in [1.165, 1.54) is 0 Å². The van der Waals surface area contributed by atoms with Gasteiger partial charge in [0.1, 0.15) is 11.4 Å². The molecule has 0 radical (unpaired) electrons. The summed E-state index contributed by atoms with van der Waals surface area (Å²) in [5, 5.41) is 0. The molecule has 0 unspecified atom stereocenters. The van der Waals surface area contributed by atoms with Gasteiger partial charge in [-0.05, 0) is 33.1 Å². The smallest absolute Gasteiger partial charge is 0.254 e. The lowest BCUT2D eigenvalue weighted by atomic mass is 9.97. The topological polar surface area (TPSA) is 78.9 Å². The summed E-state index contributed by atoms with van der Waals surface area (Å²) in [6, 6.07) is -0.152. The third-order valence-corrected chi connectivity index (χ3v) is 6.01. The highest BCUT2D eigenvalue weighted by Gasteiger charge is 2.39. The van der Waals surface area contributed by atoms with Crippen molar-refractivity contribution in [2.45, 2.75) is 64.6 Å². The first kappa shape index (κ1) is 21.5. The number of anilines is 1. The van der Waals surface area contributed by atoms with Gasteiger partial charge in [0.15, 0.2) is 5.82 Å². The molecule has 0 aromatic carbocycles. The average molecular weight is 404 g/mol. The number of fused-ring (bicyclic) bond motifs is 1. The Kier molecular flexibility index (Phi) is 6.12. The summed E-state index contributed by atoms with van der Waals surface area (Å²) < 4.78 is 5.45. The van der Waals surface area contributed by atoms with Crippen molar-refractivity contribution in [1.29, 1.82) is 0 Å². The lowest BCUT2D eigenvalue weighted by Gasteiger charge is -2.39. The van der Waals surface area contributed by atoms with Crippen LogP contribution >= 0.6 is 0 Å². The SMILES string of the molecule is COC(C)(C)C(=O)N1CCCC[C@@H]1c1nc2c(c(N(C)C)n1)CN(C(C)=O)CC2. The fourth-order valence-corrected chi connectivity index (χ4v) is 4.08. The van der Waals surface area contributed by atoms with E-state index in [-0.39, 0.29) is 17.9 Å². The van der Waals surface area contributed by atoms with Crippen molar-refractivity contribution in [2.24, 2.45) is 0 Å². The van der Waals surface area contributed by atoms with Crippen molar-refractivity contribution < 1.29 is 14.3 Å². The molecular weight excluding hydrogens is 370 g/mol. The molecule has 0 saturated carbocycles. The molecule has 1 saturated heterocycles. The summed E-state index contributed by atoms with van der Waals surface area (Å²) in [7, 11) is 5.48. The zero-order valence-corrected chi connectivity index (χ0v) is 18.5. The average Bonchev–Trinajstić information content (AvgIpc) is 2.71. The van der Waals surface area contributed by atoms with Crippen molar-refractivity contribution in [1.82, 2.24) is 19.8 Å². The molecule has 1 atom stereocenters. The van der Waals surface area contributed by atoms with Gasteiger partial charge in [0.2, 0.25) is 5.91 Å². The minimum absolute atomic E-state index is 0.0276. The lowest BCUT2D eigenvalue weighted by Crippen LogP contribution is -2.50. The molecule has 2 aliphatic rings. The van der Waals surface area contributed by atoms with Gasteiger partial charge < -0.3 is 19.4 Å². The van der Waals surface area contributed by atoms with E-state index in [0.717, 1.165) is 36.3 Å². The fourth-order valence-electron chi connectivity index (χ4n) is 4.08. The molecule has 160 valence electrons. The van der Waals surface area contributed by atoms with Crippen LogP contribution in [0.2, 0.25) is 0 Å². The summed E-state index contributed by atoms with van der Waals surface area (Å²) in [6.45, 7) is 7.08. The van der Waals surface area contributed by atoms with Gasteiger partial charge in [0.25, 0.3) is 5.91 Å². The van der Waals surface area contributed by atoms with Gasteiger partial charge >= 0.3 is 0 Å². The number of piperidine rings is 1. The second-order valence-electron chi connectivity index (χ2n) is 8.64. The van der Waals surface area contributed by atoms with Crippen LogP contribution in [0.4, 0.5) is 5.82 Å². The Hall–Kier alpha value is -2.22.